The molecule has 74 valence electrons. The van der Waals surface area contributed by atoms with Crippen LogP contribution in [-0.4, -0.2) is 11.3 Å². The lowest BCUT2D eigenvalue weighted by atomic mass is 10.1. The van der Waals surface area contributed by atoms with Crippen molar-refractivity contribution in [3.05, 3.63) is 35.4 Å². The highest BCUT2D eigenvalue weighted by molar-refractivity contribution is 5.67. The van der Waals surface area contributed by atoms with Crippen molar-refractivity contribution < 1.29 is 14.6 Å². The van der Waals surface area contributed by atoms with E-state index in [1.165, 1.54) is 0 Å². The number of ether oxygens (including phenoxy) is 1. The fourth-order valence-electron chi connectivity index (χ4n) is 1.22. The van der Waals surface area contributed by atoms with Gasteiger partial charge < -0.3 is 9.84 Å². The van der Waals surface area contributed by atoms with E-state index in [0.29, 0.717) is 5.75 Å². The van der Waals surface area contributed by atoms with Crippen molar-refractivity contribution >= 4 is 12.2 Å². The number of carboxylic acid groups (broad SMARTS) is 1. The van der Waals surface area contributed by atoms with E-state index in [0.717, 1.165) is 11.1 Å². The summed E-state index contributed by atoms with van der Waals surface area (Å²) in [6, 6.07) is 5.31. The number of hydrogen-bond donors (Lipinski definition) is 1. The van der Waals surface area contributed by atoms with Gasteiger partial charge in [-0.25, -0.2) is 4.79 Å². The van der Waals surface area contributed by atoms with Crippen molar-refractivity contribution in [1.82, 2.24) is 0 Å². The molecule has 1 N–H and O–H groups in total. The van der Waals surface area contributed by atoms with Gasteiger partial charge in [-0.3, -0.25) is 0 Å². The van der Waals surface area contributed by atoms with Crippen LogP contribution in [0, 0.1) is 6.92 Å². The summed E-state index contributed by atoms with van der Waals surface area (Å²) in [5.74, 6) is 0.371. The third-order valence-electron chi connectivity index (χ3n) is 1.81. The molecule has 0 radical (unpaired) electrons. The average Bonchev–Trinajstić information content (AvgIpc) is 2.10. The normalized spacial score (nSPS) is 10.4. The largest absolute Gasteiger partial charge is 0.511 e. The van der Waals surface area contributed by atoms with Gasteiger partial charge in [-0.15, -0.1) is 0 Å². The Hall–Kier alpha value is -1.77. The van der Waals surface area contributed by atoms with Crippen LogP contribution in [0.5, 0.6) is 5.75 Å². The molecular weight excluding hydrogens is 180 g/mol. The van der Waals surface area contributed by atoms with E-state index in [1.807, 2.05) is 32.1 Å². The van der Waals surface area contributed by atoms with Gasteiger partial charge in [-0.2, -0.15) is 0 Å². The Morgan fingerprint density at radius 1 is 1.50 bits per heavy atom. The van der Waals surface area contributed by atoms with Crippen LogP contribution in [0.3, 0.4) is 0 Å². The first-order chi connectivity index (χ1) is 6.65. The second kappa shape index (κ2) is 4.46. The predicted octanol–water partition coefficient (Wildman–Crippen LogP) is 3.08. The van der Waals surface area contributed by atoms with Crippen LogP contribution in [0.1, 0.15) is 18.1 Å². The van der Waals surface area contributed by atoms with Crippen molar-refractivity contribution in [3.8, 4) is 5.75 Å². The number of carbonyl (C=O) groups is 1. The van der Waals surface area contributed by atoms with E-state index in [1.54, 1.807) is 12.1 Å². The van der Waals surface area contributed by atoms with Crippen LogP contribution >= 0.6 is 0 Å². The quantitative estimate of drug-likeness (QED) is 0.578. The molecule has 0 atom stereocenters. The standard InChI is InChI=1S/C11H12O3/c1-3-5-9-8(2)6-4-7-10(9)14-11(12)13/h3-7H,1-2H3,(H,12,13). The molecule has 0 aliphatic carbocycles. The third-order valence-corrected chi connectivity index (χ3v) is 1.81. The third kappa shape index (κ3) is 2.36. The minimum Gasteiger partial charge on any atom is -0.449 e. The number of hydrogen-bond acceptors (Lipinski definition) is 2. The molecule has 0 aromatic heterocycles. The minimum atomic E-state index is -1.29. The minimum absolute atomic E-state index is 0.371. The molecule has 0 aliphatic heterocycles. The smallest absolute Gasteiger partial charge is 0.449 e. The number of aryl methyl sites for hydroxylation is 1. The van der Waals surface area contributed by atoms with E-state index in [4.69, 9.17) is 5.11 Å². The van der Waals surface area contributed by atoms with Crippen LogP contribution in [0.15, 0.2) is 24.3 Å². The number of rotatable bonds is 2. The van der Waals surface area contributed by atoms with Crippen molar-refractivity contribution in [2.24, 2.45) is 0 Å². The SMILES string of the molecule is CC=Cc1c(C)cccc1OC(=O)O. The van der Waals surface area contributed by atoms with Gasteiger partial charge in [0, 0.05) is 5.56 Å². The Balaban J connectivity index is 3.14. The Kier molecular flexibility index (Phi) is 3.29. The molecule has 0 unspecified atom stereocenters. The van der Waals surface area contributed by atoms with Gasteiger partial charge >= 0.3 is 6.16 Å². The molecule has 3 heteroatoms. The van der Waals surface area contributed by atoms with Crippen LogP contribution in [0.25, 0.3) is 6.08 Å². The Morgan fingerprint density at radius 3 is 2.79 bits per heavy atom. The topological polar surface area (TPSA) is 46.5 Å². The number of allylic oxidation sites excluding steroid dienone is 1. The second-order valence-electron chi connectivity index (χ2n) is 2.85. The zero-order valence-electron chi connectivity index (χ0n) is 8.15. The first kappa shape index (κ1) is 10.3. The van der Waals surface area contributed by atoms with Gasteiger partial charge in [-0.05, 0) is 25.5 Å². The lowest BCUT2D eigenvalue weighted by molar-refractivity contribution is 0.144. The number of benzene rings is 1. The van der Waals surface area contributed by atoms with Gasteiger partial charge in [0.2, 0.25) is 0 Å². The van der Waals surface area contributed by atoms with E-state index in [-0.39, 0.29) is 0 Å². The fourth-order valence-corrected chi connectivity index (χ4v) is 1.22. The molecule has 1 aromatic rings. The summed E-state index contributed by atoms with van der Waals surface area (Å²) < 4.78 is 4.64. The van der Waals surface area contributed by atoms with Crippen LogP contribution in [0.4, 0.5) is 4.79 Å². The summed E-state index contributed by atoms with van der Waals surface area (Å²) in [5, 5.41) is 8.50. The van der Waals surface area contributed by atoms with Gasteiger partial charge in [0.1, 0.15) is 5.75 Å². The van der Waals surface area contributed by atoms with E-state index >= 15 is 0 Å². The van der Waals surface area contributed by atoms with Gasteiger partial charge in [0.25, 0.3) is 0 Å². The van der Waals surface area contributed by atoms with E-state index in [9.17, 15) is 4.79 Å². The molecular formula is C11H12O3. The summed E-state index contributed by atoms with van der Waals surface area (Å²) in [5.41, 5.74) is 1.79. The molecule has 0 saturated carbocycles. The van der Waals surface area contributed by atoms with Crippen molar-refractivity contribution in [1.29, 1.82) is 0 Å². The first-order valence-electron chi connectivity index (χ1n) is 4.28. The highest BCUT2D eigenvalue weighted by Crippen LogP contribution is 2.23. The molecule has 3 nitrogen and oxygen atoms in total. The molecule has 1 rings (SSSR count). The lowest BCUT2D eigenvalue weighted by Gasteiger charge is -2.06. The van der Waals surface area contributed by atoms with Crippen LogP contribution in [-0.2, 0) is 0 Å². The summed E-state index contributed by atoms with van der Waals surface area (Å²) in [6.07, 6.45) is 2.38. The summed E-state index contributed by atoms with van der Waals surface area (Å²) in [4.78, 5) is 10.4. The van der Waals surface area contributed by atoms with E-state index < -0.39 is 6.16 Å². The van der Waals surface area contributed by atoms with E-state index in [2.05, 4.69) is 4.74 Å². The van der Waals surface area contributed by atoms with Gasteiger partial charge in [0.15, 0.2) is 0 Å². The molecule has 0 spiro atoms. The Bertz CT molecular complexity index is 367. The summed E-state index contributed by atoms with van der Waals surface area (Å²) in [6.45, 7) is 3.78. The van der Waals surface area contributed by atoms with Crippen LogP contribution < -0.4 is 4.74 Å². The molecule has 0 aliphatic rings. The highest BCUT2D eigenvalue weighted by Gasteiger charge is 2.06. The van der Waals surface area contributed by atoms with Crippen molar-refractivity contribution in [2.45, 2.75) is 13.8 Å². The maximum Gasteiger partial charge on any atom is 0.511 e. The maximum absolute atomic E-state index is 10.4. The maximum atomic E-state index is 10.4. The molecule has 14 heavy (non-hydrogen) atoms. The summed E-state index contributed by atoms with van der Waals surface area (Å²) in [7, 11) is 0. The zero-order valence-corrected chi connectivity index (χ0v) is 8.15. The molecule has 0 heterocycles. The van der Waals surface area contributed by atoms with Gasteiger partial charge in [0.05, 0.1) is 0 Å². The fraction of sp³-hybridized carbons (Fsp3) is 0.182. The molecule has 0 fully saturated rings. The molecule has 0 amide bonds. The van der Waals surface area contributed by atoms with Crippen LogP contribution in [0.2, 0.25) is 0 Å². The highest BCUT2D eigenvalue weighted by atomic mass is 16.7. The molecule has 1 aromatic carbocycles. The second-order valence-corrected chi connectivity index (χ2v) is 2.85. The Morgan fingerprint density at radius 2 is 2.21 bits per heavy atom. The first-order valence-corrected chi connectivity index (χ1v) is 4.28. The lowest BCUT2D eigenvalue weighted by Crippen LogP contribution is -2.04. The summed E-state index contributed by atoms with van der Waals surface area (Å²) >= 11 is 0. The molecule has 0 saturated heterocycles. The van der Waals surface area contributed by atoms with Crippen molar-refractivity contribution in [2.75, 3.05) is 0 Å². The molecule has 0 bridgehead atoms. The zero-order chi connectivity index (χ0) is 10.6. The Labute approximate surface area is 82.6 Å². The monoisotopic (exact) mass is 192 g/mol. The predicted molar refractivity (Wildman–Crippen MR) is 54.5 cm³/mol. The van der Waals surface area contributed by atoms with Crippen molar-refractivity contribution in [3.63, 3.8) is 0 Å². The average molecular weight is 192 g/mol. The van der Waals surface area contributed by atoms with Gasteiger partial charge in [-0.1, -0.05) is 24.3 Å².